The molecule has 0 saturated carbocycles. The van der Waals surface area contributed by atoms with E-state index >= 15 is 0 Å². The average Bonchev–Trinajstić information content (AvgIpc) is 3.08. The third kappa shape index (κ3) is 4.53. The molecule has 0 amide bonds. The van der Waals surface area contributed by atoms with Crippen molar-refractivity contribution in [2.24, 2.45) is 0 Å². The highest BCUT2D eigenvalue weighted by Crippen LogP contribution is 2.13. The maximum Gasteiger partial charge on any atom is 0.138 e. The minimum absolute atomic E-state index is 0.306. The number of fused-ring (bicyclic) bond motifs is 1. The van der Waals surface area contributed by atoms with Crippen molar-refractivity contribution in [2.75, 3.05) is 20.3 Å². The molecule has 1 aliphatic rings. The maximum atomic E-state index is 10.1. The lowest BCUT2D eigenvalue weighted by molar-refractivity contribution is 0.0269. The summed E-state index contributed by atoms with van der Waals surface area (Å²) in [5.74, 6) is 1.86. The summed E-state index contributed by atoms with van der Waals surface area (Å²) >= 11 is 0. The standard InChI is InChI=1S/C17H24N4O3/c1-23-16-5-2-13(3-6-16)10-24-11-15(22)8-18-14-4-7-17-19-12-20-21(17)9-14/h2-3,5-6,12,14-15,18,22H,4,7-11H2,1H3/t14-,15-/m0/s1. The second-order valence-electron chi connectivity index (χ2n) is 6.02. The van der Waals surface area contributed by atoms with E-state index in [1.165, 1.54) is 0 Å². The van der Waals surface area contributed by atoms with Crippen LogP contribution >= 0.6 is 0 Å². The van der Waals surface area contributed by atoms with Crippen LogP contribution in [0, 0.1) is 0 Å². The van der Waals surface area contributed by atoms with E-state index < -0.39 is 6.10 Å². The number of nitrogens with one attached hydrogen (secondary N) is 1. The van der Waals surface area contributed by atoms with Gasteiger partial charge in [-0.1, -0.05) is 12.1 Å². The van der Waals surface area contributed by atoms with Crippen LogP contribution in [0.2, 0.25) is 0 Å². The number of benzene rings is 1. The quantitative estimate of drug-likeness (QED) is 0.743. The number of aryl methyl sites for hydroxylation is 1. The lowest BCUT2D eigenvalue weighted by Crippen LogP contribution is -2.42. The van der Waals surface area contributed by atoms with Crippen molar-refractivity contribution < 1.29 is 14.6 Å². The van der Waals surface area contributed by atoms with Crippen molar-refractivity contribution in [3.63, 3.8) is 0 Å². The molecule has 0 unspecified atom stereocenters. The fraction of sp³-hybridized carbons (Fsp3) is 0.529. The summed E-state index contributed by atoms with van der Waals surface area (Å²) in [4.78, 5) is 4.21. The van der Waals surface area contributed by atoms with Gasteiger partial charge in [-0.3, -0.25) is 0 Å². The Morgan fingerprint density at radius 1 is 1.38 bits per heavy atom. The minimum atomic E-state index is -0.527. The third-order valence-corrected chi connectivity index (χ3v) is 4.19. The van der Waals surface area contributed by atoms with Crippen LogP contribution in [0.15, 0.2) is 30.6 Å². The van der Waals surface area contributed by atoms with Crippen LogP contribution in [0.4, 0.5) is 0 Å². The Kier molecular flexibility index (Phi) is 5.79. The molecule has 0 aliphatic carbocycles. The average molecular weight is 332 g/mol. The van der Waals surface area contributed by atoms with E-state index in [9.17, 15) is 5.11 Å². The maximum absolute atomic E-state index is 10.1. The van der Waals surface area contributed by atoms with E-state index in [-0.39, 0.29) is 0 Å². The van der Waals surface area contributed by atoms with Gasteiger partial charge in [-0.15, -0.1) is 0 Å². The van der Waals surface area contributed by atoms with E-state index in [2.05, 4.69) is 15.4 Å². The molecule has 130 valence electrons. The summed E-state index contributed by atoms with van der Waals surface area (Å²) in [6.07, 6.45) is 3.00. The van der Waals surface area contributed by atoms with Crippen LogP contribution in [0.1, 0.15) is 17.8 Å². The van der Waals surface area contributed by atoms with Gasteiger partial charge >= 0.3 is 0 Å². The number of aliphatic hydroxyl groups excluding tert-OH is 1. The molecule has 0 spiro atoms. The monoisotopic (exact) mass is 332 g/mol. The van der Waals surface area contributed by atoms with Crippen LogP contribution in [0.3, 0.4) is 0 Å². The molecule has 0 bridgehead atoms. The fourth-order valence-electron chi connectivity index (χ4n) is 2.80. The molecule has 2 heterocycles. The fourth-order valence-corrected chi connectivity index (χ4v) is 2.80. The predicted molar refractivity (Wildman–Crippen MR) is 88.8 cm³/mol. The Bertz CT molecular complexity index is 629. The van der Waals surface area contributed by atoms with Gasteiger partial charge in [0.05, 0.1) is 33.0 Å². The van der Waals surface area contributed by atoms with Crippen LogP contribution in [-0.2, 0) is 24.3 Å². The van der Waals surface area contributed by atoms with Gasteiger partial charge in [0.25, 0.3) is 0 Å². The molecule has 7 heteroatoms. The summed E-state index contributed by atoms with van der Waals surface area (Å²) in [7, 11) is 1.64. The van der Waals surface area contributed by atoms with Gasteiger partial charge in [-0.05, 0) is 24.1 Å². The molecule has 24 heavy (non-hydrogen) atoms. The van der Waals surface area contributed by atoms with Crippen molar-refractivity contribution in [2.45, 2.75) is 38.1 Å². The summed E-state index contributed by atoms with van der Waals surface area (Å²) in [5.41, 5.74) is 1.06. The summed E-state index contributed by atoms with van der Waals surface area (Å²) in [6.45, 7) is 2.10. The lowest BCUT2D eigenvalue weighted by atomic mass is 10.1. The number of methoxy groups -OCH3 is 1. The van der Waals surface area contributed by atoms with Gasteiger partial charge in [-0.2, -0.15) is 5.10 Å². The third-order valence-electron chi connectivity index (χ3n) is 4.19. The van der Waals surface area contributed by atoms with Gasteiger partial charge in [0, 0.05) is 19.0 Å². The van der Waals surface area contributed by atoms with Crippen molar-refractivity contribution >= 4 is 0 Å². The lowest BCUT2D eigenvalue weighted by Gasteiger charge is -2.24. The van der Waals surface area contributed by atoms with E-state index in [1.807, 2.05) is 28.9 Å². The Balaban J connectivity index is 1.33. The zero-order chi connectivity index (χ0) is 16.8. The number of hydrogen-bond acceptors (Lipinski definition) is 6. The van der Waals surface area contributed by atoms with Crippen molar-refractivity contribution in [3.8, 4) is 5.75 Å². The topological polar surface area (TPSA) is 81.4 Å². The van der Waals surface area contributed by atoms with E-state index in [4.69, 9.17) is 9.47 Å². The molecule has 1 aliphatic heterocycles. The van der Waals surface area contributed by atoms with E-state index in [0.29, 0.717) is 25.8 Å². The molecule has 2 aromatic rings. The van der Waals surface area contributed by atoms with E-state index in [1.54, 1.807) is 13.4 Å². The van der Waals surface area contributed by atoms with Crippen LogP contribution < -0.4 is 10.1 Å². The predicted octanol–water partition coefficient (Wildman–Crippen LogP) is 0.769. The number of rotatable bonds is 8. The molecule has 7 nitrogen and oxygen atoms in total. The Morgan fingerprint density at radius 3 is 3.00 bits per heavy atom. The van der Waals surface area contributed by atoms with Crippen LogP contribution in [0.5, 0.6) is 5.75 Å². The zero-order valence-corrected chi connectivity index (χ0v) is 13.9. The molecule has 0 fully saturated rings. The first kappa shape index (κ1) is 16.9. The van der Waals surface area contributed by atoms with Gasteiger partial charge < -0.3 is 19.9 Å². The van der Waals surface area contributed by atoms with Gasteiger partial charge in [0.2, 0.25) is 0 Å². The molecule has 0 radical (unpaired) electrons. The normalized spacial score (nSPS) is 18.2. The molecule has 3 rings (SSSR count). The highest BCUT2D eigenvalue weighted by molar-refractivity contribution is 5.26. The number of ether oxygens (including phenoxy) is 2. The van der Waals surface area contributed by atoms with Crippen molar-refractivity contribution in [1.29, 1.82) is 0 Å². The minimum Gasteiger partial charge on any atom is -0.497 e. The molecule has 0 saturated heterocycles. The SMILES string of the molecule is COc1ccc(COC[C@@H](O)CN[C@H]2CCc3ncnn3C2)cc1. The van der Waals surface area contributed by atoms with Gasteiger partial charge in [0.15, 0.2) is 0 Å². The summed E-state index contributed by atoms with van der Waals surface area (Å²) in [6, 6.07) is 8.04. The number of aliphatic hydroxyl groups is 1. The van der Waals surface area contributed by atoms with Crippen molar-refractivity contribution in [1.82, 2.24) is 20.1 Å². The van der Waals surface area contributed by atoms with Gasteiger partial charge in [0.1, 0.15) is 17.9 Å². The molecular weight excluding hydrogens is 308 g/mol. The highest BCUT2D eigenvalue weighted by atomic mass is 16.5. The van der Waals surface area contributed by atoms with Crippen LogP contribution in [0.25, 0.3) is 0 Å². The Hall–Kier alpha value is -1.96. The molecular formula is C17H24N4O3. The molecule has 1 aromatic carbocycles. The van der Waals surface area contributed by atoms with Gasteiger partial charge in [-0.25, -0.2) is 9.67 Å². The number of aromatic nitrogens is 3. The largest absolute Gasteiger partial charge is 0.497 e. The first-order chi connectivity index (χ1) is 11.7. The Labute approximate surface area is 141 Å². The molecule has 2 atom stereocenters. The second-order valence-corrected chi connectivity index (χ2v) is 6.02. The number of hydrogen-bond donors (Lipinski definition) is 2. The number of nitrogens with zero attached hydrogens (tertiary/aromatic N) is 3. The Morgan fingerprint density at radius 2 is 2.21 bits per heavy atom. The smallest absolute Gasteiger partial charge is 0.138 e. The zero-order valence-electron chi connectivity index (χ0n) is 13.9. The molecule has 1 aromatic heterocycles. The first-order valence-electron chi connectivity index (χ1n) is 8.23. The second kappa shape index (κ2) is 8.23. The first-order valence-corrected chi connectivity index (χ1v) is 8.23. The van der Waals surface area contributed by atoms with Crippen molar-refractivity contribution in [3.05, 3.63) is 42.0 Å². The van der Waals surface area contributed by atoms with Crippen LogP contribution in [-0.4, -0.2) is 52.3 Å². The summed E-state index contributed by atoms with van der Waals surface area (Å²) < 4.78 is 12.6. The van der Waals surface area contributed by atoms with E-state index in [0.717, 1.165) is 36.5 Å². The summed E-state index contributed by atoms with van der Waals surface area (Å²) in [5, 5.41) is 17.6. The molecule has 2 N–H and O–H groups in total. The highest BCUT2D eigenvalue weighted by Gasteiger charge is 2.20.